The van der Waals surface area contributed by atoms with Crippen molar-refractivity contribution in [1.82, 2.24) is 0 Å². The molecule has 244 valence electrons. The second kappa shape index (κ2) is 12.7. The molecule has 0 saturated carbocycles. The standard InChI is InChI=1S/C48H36N2O/c1-2-3-15-45-46-30-40-22-25-44(29-41(40)31-47(46)51-48(45)49)50(42-23-20-34(21-24-42)38-18-16-32-9-4-6-11-35(32)26-38)43-14-8-13-37(28-43)39-19-17-33-10-5-7-12-36(33)27-39/h3-31H,2,49H2,1H3/b15-3-. The summed E-state index contributed by atoms with van der Waals surface area (Å²) in [4.78, 5) is 2.34. The molecule has 0 radical (unpaired) electrons. The van der Waals surface area contributed by atoms with Gasteiger partial charge in [-0.1, -0.05) is 122 Å². The SMILES string of the molecule is CC/C=C\c1c(N)oc2cc3cc(N(c4ccc(-c5ccc6ccccc6c5)cc4)c4cccc(-c5ccc6ccccc6c5)c4)ccc3cc12. The van der Waals surface area contributed by atoms with Crippen molar-refractivity contribution >= 4 is 72.3 Å². The van der Waals surface area contributed by atoms with Crippen molar-refractivity contribution in [2.24, 2.45) is 0 Å². The highest BCUT2D eigenvalue weighted by molar-refractivity contribution is 6.03. The summed E-state index contributed by atoms with van der Waals surface area (Å²) in [5, 5.41) is 8.20. The van der Waals surface area contributed by atoms with E-state index in [0.29, 0.717) is 5.88 Å². The molecule has 0 atom stereocenters. The highest BCUT2D eigenvalue weighted by atomic mass is 16.3. The number of furan rings is 1. The first kappa shape index (κ1) is 30.5. The van der Waals surface area contributed by atoms with Crippen molar-refractivity contribution in [2.75, 3.05) is 10.6 Å². The first-order chi connectivity index (χ1) is 25.1. The van der Waals surface area contributed by atoms with Crippen LogP contribution in [0.15, 0.2) is 174 Å². The monoisotopic (exact) mass is 656 g/mol. The lowest BCUT2D eigenvalue weighted by atomic mass is 9.99. The maximum absolute atomic E-state index is 6.33. The molecule has 1 aromatic heterocycles. The van der Waals surface area contributed by atoms with Crippen LogP contribution in [-0.2, 0) is 0 Å². The van der Waals surface area contributed by atoms with E-state index >= 15 is 0 Å². The van der Waals surface area contributed by atoms with E-state index in [4.69, 9.17) is 10.2 Å². The third-order valence-electron chi connectivity index (χ3n) is 9.87. The molecule has 0 fully saturated rings. The number of anilines is 4. The number of hydrogen-bond acceptors (Lipinski definition) is 3. The summed E-state index contributed by atoms with van der Waals surface area (Å²) in [7, 11) is 0. The summed E-state index contributed by atoms with van der Waals surface area (Å²) < 4.78 is 6.06. The van der Waals surface area contributed by atoms with Crippen LogP contribution in [0, 0.1) is 0 Å². The molecule has 9 rings (SSSR count). The normalized spacial score (nSPS) is 11.7. The molecule has 3 nitrogen and oxygen atoms in total. The van der Waals surface area contributed by atoms with Crippen LogP contribution in [0.2, 0.25) is 0 Å². The Morgan fingerprint density at radius 2 is 1.06 bits per heavy atom. The van der Waals surface area contributed by atoms with E-state index < -0.39 is 0 Å². The Morgan fingerprint density at radius 1 is 0.490 bits per heavy atom. The maximum Gasteiger partial charge on any atom is 0.198 e. The fourth-order valence-electron chi connectivity index (χ4n) is 7.22. The van der Waals surface area contributed by atoms with Crippen LogP contribution >= 0.6 is 0 Å². The third-order valence-corrected chi connectivity index (χ3v) is 9.87. The van der Waals surface area contributed by atoms with Gasteiger partial charge in [-0.05, 0) is 122 Å². The highest BCUT2D eigenvalue weighted by Gasteiger charge is 2.17. The number of fused-ring (bicyclic) bond motifs is 4. The first-order valence-corrected chi connectivity index (χ1v) is 17.5. The van der Waals surface area contributed by atoms with Crippen LogP contribution in [0.5, 0.6) is 0 Å². The van der Waals surface area contributed by atoms with Gasteiger partial charge >= 0.3 is 0 Å². The zero-order chi connectivity index (χ0) is 34.3. The van der Waals surface area contributed by atoms with Gasteiger partial charge in [-0.2, -0.15) is 0 Å². The molecule has 0 unspecified atom stereocenters. The van der Waals surface area contributed by atoms with Crippen molar-refractivity contribution in [1.29, 1.82) is 0 Å². The quantitative estimate of drug-likeness (QED) is 0.186. The van der Waals surface area contributed by atoms with E-state index in [2.05, 4.69) is 188 Å². The molecule has 0 saturated heterocycles. The summed E-state index contributed by atoms with van der Waals surface area (Å²) in [6, 6.07) is 59.0. The number of hydrogen-bond donors (Lipinski definition) is 1. The van der Waals surface area contributed by atoms with Gasteiger partial charge in [0.15, 0.2) is 5.88 Å². The van der Waals surface area contributed by atoms with Gasteiger partial charge in [0, 0.05) is 28.0 Å². The zero-order valence-electron chi connectivity index (χ0n) is 28.4. The molecule has 8 aromatic carbocycles. The molecular formula is C48H36N2O. The molecule has 2 N–H and O–H groups in total. The van der Waals surface area contributed by atoms with E-state index in [1.54, 1.807) is 0 Å². The lowest BCUT2D eigenvalue weighted by Gasteiger charge is -2.26. The highest BCUT2D eigenvalue weighted by Crippen LogP contribution is 2.40. The van der Waals surface area contributed by atoms with Gasteiger partial charge in [-0.3, -0.25) is 0 Å². The van der Waals surface area contributed by atoms with E-state index in [1.165, 1.54) is 38.2 Å². The van der Waals surface area contributed by atoms with Gasteiger partial charge in [0.1, 0.15) is 5.58 Å². The van der Waals surface area contributed by atoms with E-state index in [0.717, 1.165) is 56.4 Å². The lowest BCUT2D eigenvalue weighted by Crippen LogP contribution is -2.10. The van der Waals surface area contributed by atoms with Crippen molar-refractivity contribution in [3.8, 4) is 22.3 Å². The molecule has 51 heavy (non-hydrogen) atoms. The summed E-state index contributed by atoms with van der Waals surface area (Å²) in [6.07, 6.45) is 5.11. The Hall–Kier alpha value is -6.58. The molecule has 0 amide bonds. The molecule has 1 heterocycles. The number of nitrogen functional groups attached to an aromatic ring is 1. The largest absolute Gasteiger partial charge is 0.440 e. The van der Waals surface area contributed by atoms with Crippen LogP contribution in [0.3, 0.4) is 0 Å². The second-order valence-electron chi connectivity index (χ2n) is 13.1. The van der Waals surface area contributed by atoms with E-state index in [-0.39, 0.29) is 0 Å². The molecule has 9 aromatic rings. The molecule has 0 aliphatic rings. The molecule has 0 aliphatic heterocycles. The number of nitrogens with two attached hydrogens (primary N) is 1. The predicted octanol–water partition coefficient (Wildman–Crippen LogP) is 13.7. The number of allylic oxidation sites excluding steroid dienone is 1. The van der Waals surface area contributed by atoms with E-state index in [9.17, 15) is 0 Å². The number of nitrogens with zero attached hydrogens (tertiary/aromatic N) is 1. The Morgan fingerprint density at radius 3 is 1.76 bits per heavy atom. The summed E-state index contributed by atoms with van der Waals surface area (Å²) in [5.41, 5.74) is 16.0. The minimum Gasteiger partial charge on any atom is -0.440 e. The topological polar surface area (TPSA) is 42.4 Å². The lowest BCUT2D eigenvalue weighted by molar-refractivity contribution is 0.637. The van der Waals surface area contributed by atoms with Gasteiger partial charge in [-0.25, -0.2) is 0 Å². The molecule has 0 aliphatic carbocycles. The van der Waals surface area contributed by atoms with Crippen molar-refractivity contribution in [3.63, 3.8) is 0 Å². The average molecular weight is 657 g/mol. The molecule has 0 spiro atoms. The van der Waals surface area contributed by atoms with Gasteiger partial charge in [0.25, 0.3) is 0 Å². The smallest absolute Gasteiger partial charge is 0.198 e. The summed E-state index contributed by atoms with van der Waals surface area (Å²) in [5.74, 6) is 0.448. The average Bonchev–Trinajstić information content (AvgIpc) is 3.49. The number of benzene rings is 8. The van der Waals surface area contributed by atoms with Crippen molar-refractivity contribution in [2.45, 2.75) is 13.3 Å². The van der Waals surface area contributed by atoms with Crippen molar-refractivity contribution < 1.29 is 4.42 Å². The van der Waals surface area contributed by atoms with E-state index in [1.807, 2.05) is 0 Å². The third kappa shape index (κ3) is 5.69. The van der Waals surface area contributed by atoms with Crippen LogP contribution < -0.4 is 10.6 Å². The molecule has 0 bridgehead atoms. The Balaban J connectivity index is 1.16. The fraction of sp³-hybridized carbons (Fsp3) is 0.0417. The van der Waals surface area contributed by atoms with Crippen LogP contribution in [0.4, 0.5) is 22.9 Å². The molecular weight excluding hydrogens is 621 g/mol. The minimum absolute atomic E-state index is 0.448. The fourth-order valence-corrected chi connectivity index (χ4v) is 7.22. The Labute approximate surface area is 297 Å². The zero-order valence-corrected chi connectivity index (χ0v) is 28.4. The van der Waals surface area contributed by atoms with Crippen LogP contribution in [0.1, 0.15) is 18.9 Å². The predicted molar refractivity (Wildman–Crippen MR) is 218 cm³/mol. The first-order valence-electron chi connectivity index (χ1n) is 17.5. The Bertz CT molecular complexity index is 2750. The van der Waals surface area contributed by atoms with Gasteiger partial charge in [0.2, 0.25) is 0 Å². The summed E-state index contributed by atoms with van der Waals surface area (Å²) >= 11 is 0. The van der Waals surface area contributed by atoms with Crippen LogP contribution in [0.25, 0.3) is 71.6 Å². The Kier molecular flexibility index (Phi) is 7.59. The van der Waals surface area contributed by atoms with Gasteiger partial charge in [0.05, 0.1) is 0 Å². The van der Waals surface area contributed by atoms with Gasteiger partial charge in [-0.15, -0.1) is 0 Å². The van der Waals surface area contributed by atoms with Crippen molar-refractivity contribution in [3.05, 3.63) is 175 Å². The van der Waals surface area contributed by atoms with Gasteiger partial charge < -0.3 is 15.1 Å². The minimum atomic E-state index is 0.448. The molecule has 3 heteroatoms. The maximum atomic E-state index is 6.33. The number of rotatable bonds is 7. The van der Waals surface area contributed by atoms with Crippen LogP contribution in [-0.4, -0.2) is 0 Å². The summed E-state index contributed by atoms with van der Waals surface area (Å²) in [6.45, 7) is 2.12. The second-order valence-corrected chi connectivity index (χ2v) is 13.1.